The summed E-state index contributed by atoms with van der Waals surface area (Å²) in [7, 11) is 0. The number of ketones is 1. The van der Waals surface area contributed by atoms with E-state index in [9.17, 15) is 14.7 Å². The second-order valence-corrected chi connectivity index (χ2v) is 6.13. The van der Waals surface area contributed by atoms with Crippen LogP contribution in [0.25, 0.3) is 0 Å². The molecule has 22 heavy (non-hydrogen) atoms. The fourth-order valence-corrected chi connectivity index (χ4v) is 3.17. The summed E-state index contributed by atoms with van der Waals surface area (Å²) in [4.78, 5) is 22.7. The Morgan fingerprint density at radius 3 is 2.41 bits per heavy atom. The highest BCUT2D eigenvalue weighted by Crippen LogP contribution is 2.37. The van der Waals surface area contributed by atoms with Gasteiger partial charge in [-0.25, -0.2) is 0 Å². The maximum atomic E-state index is 12.2. The molecule has 0 unspecified atom stereocenters. The smallest absolute Gasteiger partial charge is 0.303 e. The van der Waals surface area contributed by atoms with Crippen LogP contribution < -0.4 is 0 Å². The Morgan fingerprint density at radius 1 is 1.05 bits per heavy atom. The number of phenolic OH excluding ortho intramolecular Hbond substituents is 1. The first-order chi connectivity index (χ1) is 10.6. The molecule has 2 N–H and O–H groups in total. The summed E-state index contributed by atoms with van der Waals surface area (Å²) in [5.74, 6) is -0.151. The number of carboxylic acids is 1. The van der Waals surface area contributed by atoms with Gasteiger partial charge in [0.05, 0.1) is 0 Å². The van der Waals surface area contributed by atoms with Gasteiger partial charge in [0.25, 0.3) is 0 Å². The number of hydrogen-bond acceptors (Lipinski definition) is 3. The van der Waals surface area contributed by atoms with Gasteiger partial charge in [-0.3, -0.25) is 9.59 Å². The predicted molar refractivity (Wildman–Crippen MR) is 84.4 cm³/mol. The van der Waals surface area contributed by atoms with Gasteiger partial charge in [0.15, 0.2) is 5.78 Å². The molecule has 4 nitrogen and oxygen atoms in total. The van der Waals surface area contributed by atoms with E-state index in [1.807, 2.05) is 6.07 Å². The van der Waals surface area contributed by atoms with E-state index < -0.39 is 5.97 Å². The summed E-state index contributed by atoms with van der Waals surface area (Å²) in [5, 5.41) is 18.7. The second-order valence-electron chi connectivity index (χ2n) is 6.13. The van der Waals surface area contributed by atoms with E-state index in [0.717, 1.165) is 18.4 Å². The van der Waals surface area contributed by atoms with E-state index in [1.165, 1.54) is 19.3 Å². The first-order valence-corrected chi connectivity index (χ1v) is 8.16. The van der Waals surface area contributed by atoms with E-state index >= 15 is 0 Å². The van der Waals surface area contributed by atoms with Crippen LogP contribution in [0, 0.1) is 0 Å². The van der Waals surface area contributed by atoms with Gasteiger partial charge >= 0.3 is 5.97 Å². The lowest BCUT2D eigenvalue weighted by Crippen LogP contribution is -2.07. The third kappa shape index (κ3) is 4.58. The lowest BCUT2D eigenvalue weighted by atomic mass is 9.83. The fraction of sp³-hybridized carbons (Fsp3) is 0.556. The van der Waals surface area contributed by atoms with Crippen LogP contribution in [0.2, 0.25) is 0 Å². The molecule has 0 bridgehead atoms. The minimum atomic E-state index is -0.823. The molecule has 120 valence electrons. The van der Waals surface area contributed by atoms with Gasteiger partial charge in [-0.15, -0.1) is 0 Å². The number of carbonyl (C=O) groups is 2. The predicted octanol–water partition coefficient (Wildman–Crippen LogP) is 4.27. The normalized spacial score (nSPS) is 15.6. The van der Waals surface area contributed by atoms with Crippen molar-refractivity contribution in [1.82, 2.24) is 0 Å². The minimum Gasteiger partial charge on any atom is -0.508 e. The molecule has 1 saturated carbocycles. The molecule has 1 aromatic carbocycles. The van der Waals surface area contributed by atoms with Gasteiger partial charge in [0.2, 0.25) is 0 Å². The van der Waals surface area contributed by atoms with Crippen LogP contribution in [0.3, 0.4) is 0 Å². The van der Waals surface area contributed by atoms with Crippen molar-refractivity contribution in [2.24, 2.45) is 0 Å². The number of carbonyl (C=O) groups excluding carboxylic acids is 1. The number of carboxylic acid groups (broad SMARTS) is 1. The zero-order valence-electron chi connectivity index (χ0n) is 12.9. The van der Waals surface area contributed by atoms with Crippen molar-refractivity contribution in [3.05, 3.63) is 29.3 Å². The SMILES string of the molecule is O=C(O)CCCCC(=O)c1ccc(O)c(C2CCCCC2)c1. The Hall–Kier alpha value is -1.84. The van der Waals surface area contributed by atoms with Crippen LogP contribution >= 0.6 is 0 Å². The zero-order chi connectivity index (χ0) is 15.9. The monoisotopic (exact) mass is 304 g/mol. The lowest BCUT2D eigenvalue weighted by molar-refractivity contribution is -0.137. The molecule has 0 aliphatic heterocycles. The van der Waals surface area contributed by atoms with Crippen molar-refractivity contribution in [3.63, 3.8) is 0 Å². The summed E-state index contributed by atoms with van der Waals surface area (Å²) >= 11 is 0. The van der Waals surface area contributed by atoms with Gasteiger partial charge in [0.1, 0.15) is 5.75 Å². The van der Waals surface area contributed by atoms with E-state index in [0.29, 0.717) is 30.7 Å². The Labute approximate surface area is 131 Å². The molecule has 0 aromatic heterocycles. The molecule has 0 heterocycles. The van der Waals surface area contributed by atoms with E-state index in [2.05, 4.69) is 0 Å². The molecular weight excluding hydrogens is 280 g/mol. The summed E-state index contributed by atoms with van der Waals surface area (Å²) < 4.78 is 0. The number of unbranched alkanes of at least 4 members (excludes halogenated alkanes) is 1. The number of rotatable bonds is 7. The molecule has 0 spiro atoms. The second kappa shape index (κ2) is 7.97. The third-order valence-corrected chi connectivity index (χ3v) is 4.44. The Morgan fingerprint density at radius 2 is 1.73 bits per heavy atom. The molecular formula is C18H24O4. The lowest BCUT2D eigenvalue weighted by Gasteiger charge is -2.23. The van der Waals surface area contributed by atoms with Crippen LogP contribution in [0.1, 0.15) is 79.6 Å². The Bertz CT molecular complexity index is 530. The van der Waals surface area contributed by atoms with Gasteiger partial charge in [-0.1, -0.05) is 19.3 Å². The highest BCUT2D eigenvalue weighted by Gasteiger charge is 2.20. The van der Waals surface area contributed by atoms with Crippen LogP contribution in [0.15, 0.2) is 18.2 Å². The van der Waals surface area contributed by atoms with Crippen molar-refractivity contribution < 1.29 is 19.8 Å². The molecule has 0 amide bonds. The molecule has 2 rings (SSSR count). The molecule has 1 aromatic rings. The van der Waals surface area contributed by atoms with Crippen LogP contribution in [0.4, 0.5) is 0 Å². The number of benzene rings is 1. The van der Waals surface area contributed by atoms with E-state index in [4.69, 9.17) is 5.11 Å². The summed E-state index contributed by atoms with van der Waals surface area (Å²) in [6, 6.07) is 5.13. The van der Waals surface area contributed by atoms with Gasteiger partial charge in [-0.2, -0.15) is 0 Å². The Balaban J connectivity index is 1.98. The summed E-state index contributed by atoms with van der Waals surface area (Å²) in [6.07, 6.45) is 7.33. The number of aromatic hydroxyl groups is 1. The van der Waals surface area contributed by atoms with Gasteiger partial charge < -0.3 is 10.2 Å². The summed E-state index contributed by atoms with van der Waals surface area (Å²) in [6.45, 7) is 0. The van der Waals surface area contributed by atoms with E-state index in [1.54, 1.807) is 12.1 Å². The average molecular weight is 304 g/mol. The largest absolute Gasteiger partial charge is 0.508 e. The molecule has 1 aliphatic carbocycles. The molecule has 0 saturated heterocycles. The molecule has 0 atom stereocenters. The van der Waals surface area contributed by atoms with Crippen LogP contribution in [-0.2, 0) is 4.79 Å². The quantitative estimate of drug-likeness (QED) is 0.583. The van der Waals surface area contributed by atoms with Gasteiger partial charge in [-0.05, 0) is 55.4 Å². The first-order valence-electron chi connectivity index (χ1n) is 8.16. The number of hydrogen-bond donors (Lipinski definition) is 2. The maximum absolute atomic E-state index is 12.2. The van der Waals surface area contributed by atoms with Crippen molar-refractivity contribution in [3.8, 4) is 5.75 Å². The number of Topliss-reactive ketones (excluding diaryl/α,β-unsaturated/α-hetero) is 1. The minimum absolute atomic E-state index is 0.0300. The Kier molecular flexibility index (Phi) is 5.99. The number of phenols is 1. The van der Waals surface area contributed by atoms with Gasteiger partial charge in [0, 0.05) is 18.4 Å². The van der Waals surface area contributed by atoms with Crippen molar-refractivity contribution in [2.45, 2.75) is 63.7 Å². The van der Waals surface area contributed by atoms with Crippen LogP contribution in [-0.4, -0.2) is 22.0 Å². The van der Waals surface area contributed by atoms with Crippen molar-refractivity contribution in [2.75, 3.05) is 0 Å². The van der Waals surface area contributed by atoms with E-state index in [-0.39, 0.29) is 18.0 Å². The molecule has 0 radical (unpaired) electrons. The summed E-state index contributed by atoms with van der Waals surface area (Å²) in [5.41, 5.74) is 1.53. The topological polar surface area (TPSA) is 74.6 Å². The van der Waals surface area contributed by atoms with Crippen molar-refractivity contribution >= 4 is 11.8 Å². The third-order valence-electron chi connectivity index (χ3n) is 4.44. The highest BCUT2D eigenvalue weighted by molar-refractivity contribution is 5.96. The first kappa shape index (κ1) is 16.5. The molecule has 1 aliphatic rings. The highest BCUT2D eigenvalue weighted by atomic mass is 16.4. The average Bonchev–Trinajstić information content (AvgIpc) is 2.52. The standard InChI is InChI=1S/C18H24O4/c19-16(8-4-5-9-18(21)22)14-10-11-17(20)15(12-14)13-6-2-1-3-7-13/h10-13,20H,1-9H2,(H,21,22). The maximum Gasteiger partial charge on any atom is 0.303 e. The molecule has 4 heteroatoms. The van der Waals surface area contributed by atoms with Crippen LogP contribution in [0.5, 0.6) is 5.75 Å². The molecule has 1 fully saturated rings. The number of aliphatic carboxylic acids is 1. The fourth-order valence-electron chi connectivity index (χ4n) is 3.17. The van der Waals surface area contributed by atoms with Crippen molar-refractivity contribution in [1.29, 1.82) is 0 Å². The zero-order valence-corrected chi connectivity index (χ0v) is 12.9.